The third-order valence-corrected chi connectivity index (χ3v) is 8.17. The van der Waals surface area contributed by atoms with Gasteiger partial charge in [-0.15, -0.1) is 0 Å². The van der Waals surface area contributed by atoms with Crippen LogP contribution in [0, 0.1) is 5.92 Å². The van der Waals surface area contributed by atoms with E-state index in [2.05, 4.69) is 28.5 Å². The number of pyridine rings is 1. The van der Waals surface area contributed by atoms with Crippen LogP contribution in [-0.4, -0.2) is 44.0 Å². The van der Waals surface area contributed by atoms with E-state index in [9.17, 15) is 13.2 Å². The van der Waals surface area contributed by atoms with Crippen LogP contribution in [-0.2, 0) is 27.8 Å². The number of aromatic nitrogens is 1. The predicted molar refractivity (Wildman–Crippen MR) is 146 cm³/mol. The van der Waals surface area contributed by atoms with E-state index < -0.39 is 10.0 Å². The van der Waals surface area contributed by atoms with Crippen LogP contribution >= 0.6 is 11.6 Å². The van der Waals surface area contributed by atoms with Crippen molar-refractivity contribution in [1.82, 2.24) is 14.6 Å². The smallest absolute Gasteiger partial charge is 0.337 e. The number of nitrogens with zero attached hydrogens (tertiary/aromatic N) is 2. The number of hydrogen-bond acceptors (Lipinski definition) is 6. The maximum absolute atomic E-state index is 13.3. The first-order valence-electron chi connectivity index (χ1n) is 12.3. The van der Waals surface area contributed by atoms with Crippen molar-refractivity contribution in [1.29, 1.82) is 0 Å². The Bertz CT molecular complexity index is 1230. The summed E-state index contributed by atoms with van der Waals surface area (Å²) in [6.07, 6.45) is 5.21. The molecular weight excluding hydrogens is 510 g/mol. The molecule has 3 rings (SSSR count). The number of rotatable bonds is 13. The van der Waals surface area contributed by atoms with Crippen LogP contribution < -0.4 is 4.72 Å². The fourth-order valence-electron chi connectivity index (χ4n) is 4.36. The quantitative estimate of drug-likeness (QED) is 0.294. The number of benzene rings is 2. The number of esters is 1. The molecule has 0 aliphatic heterocycles. The molecule has 0 radical (unpaired) electrons. The van der Waals surface area contributed by atoms with E-state index >= 15 is 0 Å². The summed E-state index contributed by atoms with van der Waals surface area (Å²) in [4.78, 5) is 18.5. The molecule has 0 saturated carbocycles. The highest BCUT2D eigenvalue weighted by molar-refractivity contribution is 7.89. The fraction of sp³-hybridized carbons (Fsp3) is 0.357. The molecule has 37 heavy (non-hydrogen) atoms. The number of carbonyl (C=O) groups excluding carboxylic acids is 1. The minimum atomic E-state index is -3.75. The first kappa shape index (κ1) is 28.8. The number of hydrogen-bond donors (Lipinski definition) is 1. The molecule has 1 unspecified atom stereocenters. The van der Waals surface area contributed by atoms with Gasteiger partial charge in [0.15, 0.2) is 0 Å². The molecule has 9 heteroatoms. The summed E-state index contributed by atoms with van der Waals surface area (Å²) >= 11 is 5.97. The van der Waals surface area contributed by atoms with Crippen molar-refractivity contribution in [3.8, 4) is 0 Å². The minimum absolute atomic E-state index is 0.139. The van der Waals surface area contributed by atoms with Gasteiger partial charge in [-0.25, -0.2) is 17.9 Å². The van der Waals surface area contributed by atoms with Crippen molar-refractivity contribution in [2.24, 2.45) is 5.92 Å². The number of nitrogens with one attached hydrogen (secondary N) is 1. The summed E-state index contributed by atoms with van der Waals surface area (Å²) in [6.45, 7) is 5.80. The largest absolute Gasteiger partial charge is 0.465 e. The van der Waals surface area contributed by atoms with Crippen molar-refractivity contribution < 1.29 is 17.9 Å². The summed E-state index contributed by atoms with van der Waals surface area (Å²) in [7, 11) is -2.39. The Labute approximate surface area is 224 Å². The lowest BCUT2D eigenvalue weighted by Crippen LogP contribution is -2.47. The van der Waals surface area contributed by atoms with E-state index in [0.717, 1.165) is 24.0 Å². The molecule has 0 aliphatic rings. The van der Waals surface area contributed by atoms with Crippen molar-refractivity contribution in [2.45, 2.75) is 50.7 Å². The summed E-state index contributed by atoms with van der Waals surface area (Å²) in [5.74, 6) is -0.246. The van der Waals surface area contributed by atoms with Gasteiger partial charge in [0.25, 0.3) is 0 Å². The number of carbonyl (C=O) groups is 1. The summed E-state index contributed by atoms with van der Waals surface area (Å²) in [5, 5.41) is 0.483. The number of methoxy groups -OCH3 is 1. The SMILES string of the molecule is CCC(CC)C(CN(Cc1ccc(C(=O)OC)cc1)Cc1cccnc1)NS(=O)(=O)c1ccc(Cl)cc1. The number of ether oxygens (including phenoxy) is 1. The van der Waals surface area contributed by atoms with E-state index in [0.29, 0.717) is 30.2 Å². The highest BCUT2D eigenvalue weighted by atomic mass is 35.5. The van der Waals surface area contributed by atoms with Crippen LogP contribution in [0.25, 0.3) is 0 Å². The maximum Gasteiger partial charge on any atom is 0.337 e. The lowest BCUT2D eigenvalue weighted by Gasteiger charge is -2.32. The van der Waals surface area contributed by atoms with Gasteiger partial charge in [0.05, 0.1) is 17.6 Å². The Morgan fingerprint density at radius 3 is 2.22 bits per heavy atom. The number of halogens is 1. The van der Waals surface area contributed by atoms with Crippen LogP contribution in [0.15, 0.2) is 78.0 Å². The van der Waals surface area contributed by atoms with Gasteiger partial charge in [0.2, 0.25) is 10.0 Å². The van der Waals surface area contributed by atoms with E-state index in [1.807, 2.05) is 30.5 Å². The third-order valence-electron chi connectivity index (χ3n) is 6.41. The van der Waals surface area contributed by atoms with E-state index in [4.69, 9.17) is 16.3 Å². The van der Waals surface area contributed by atoms with Crippen molar-refractivity contribution in [3.05, 3.63) is 94.8 Å². The van der Waals surface area contributed by atoms with Crippen LogP contribution in [0.5, 0.6) is 0 Å². The Morgan fingerprint density at radius 1 is 1.00 bits per heavy atom. The molecule has 1 heterocycles. The molecule has 3 aromatic rings. The van der Waals surface area contributed by atoms with Gasteiger partial charge in [0.1, 0.15) is 0 Å². The average Bonchev–Trinajstić information content (AvgIpc) is 2.90. The van der Waals surface area contributed by atoms with Crippen LogP contribution in [0.2, 0.25) is 5.02 Å². The molecule has 0 amide bonds. The van der Waals surface area contributed by atoms with Crippen molar-refractivity contribution >= 4 is 27.6 Å². The van der Waals surface area contributed by atoms with Crippen molar-refractivity contribution in [2.75, 3.05) is 13.7 Å². The van der Waals surface area contributed by atoms with Crippen molar-refractivity contribution in [3.63, 3.8) is 0 Å². The predicted octanol–water partition coefficient (Wildman–Crippen LogP) is 5.31. The molecule has 198 valence electrons. The topological polar surface area (TPSA) is 88.6 Å². The van der Waals surface area contributed by atoms with Gasteiger partial charge in [0, 0.05) is 43.1 Å². The maximum atomic E-state index is 13.3. The zero-order valence-electron chi connectivity index (χ0n) is 21.4. The molecule has 0 spiro atoms. The van der Waals surface area contributed by atoms with Crippen LogP contribution in [0.4, 0.5) is 0 Å². The Hall–Kier alpha value is -2.78. The first-order valence-corrected chi connectivity index (χ1v) is 14.2. The Balaban J connectivity index is 1.88. The number of sulfonamides is 1. The Kier molecular flexibility index (Phi) is 10.6. The average molecular weight is 544 g/mol. The molecule has 0 aliphatic carbocycles. The van der Waals surface area contributed by atoms with Crippen LogP contribution in [0.3, 0.4) is 0 Å². The second-order valence-electron chi connectivity index (χ2n) is 8.98. The standard InChI is InChI=1S/C28H34ClN3O4S/c1-4-23(5-2)27(31-37(34,35)26-14-12-25(29)13-15-26)20-32(19-22-7-6-16-30-17-22)18-21-8-10-24(11-9-21)28(33)36-3/h6-17,23,27,31H,4-5,18-20H2,1-3H3. The van der Waals surface area contributed by atoms with E-state index in [1.165, 1.54) is 19.2 Å². The molecular formula is C28H34ClN3O4S. The monoisotopic (exact) mass is 543 g/mol. The van der Waals surface area contributed by atoms with Gasteiger partial charge >= 0.3 is 5.97 Å². The fourth-order valence-corrected chi connectivity index (χ4v) is 5.78. The molecule has 0 bridgehead atoms. The van der Waals surface area contributed by atoms with Gasteiger partial charge in [-0.2, -0.15) is 0 Å². The zero-order valence-corrected chi connectivity index (χ0v) is 23.0. The summed E-state index contributed by atoms with van der Waals surface area (Å²) < 4.78 is 34.4. The highest BCUT2D eigenvalue weighted by Crippen LogP contribution is 2.21. The second kappa shape index (κ2) is 13.7. The molecule has 1 N–H and O–H groups in total. The highest BCUT2D eigenvalue weighted by Gasteiger charge is 2.27. The molecule has 1 aromatic heterocycles. The van der Waals surface area contributed by atoms with Gasteiger partial charge in [-0.05, 0) is 59.5 Å². The minimum Gasteiger partial charge on any atom is -0.465 e. The van der Waals surface area contributed by atoms with E-state index in [1.54, 1.807) is 30.5 Å². The molecule has 0 saturated heterocycles. The lowest BCUT2D eigenvalue weighted by atomic mass is 9.94. The van der Waals surface area contributed by atoms with Gasteiger partial charge < -0.3 is 4.74 Å². The van der Waals surface area contributed by atoms with E-state index in [-0.39, 0.29) is 22.8 Å². The second-order valence-corrected chi connectivity index (χ2v) is 11.1. The molecule has 1 atom stereocenters. The normalized spacial score (nSPS) is 12.6. The first-order chi connectivity index (χ1) is 17.7. The lowest BCUT2D eigenvalue weighted by molar-refractivity contribution is 0.0600. The van der Waals surface area contributed by atoms with Crippen LogP contribution in [0.1, 0.15) is 48.2 Å². The van der Waals surface area contributed by atoms with Gasteiger partial charge in [-0.1, -0.05) is 56.5 Å². The molecule has 0 fully saturated rings. The zero-order chi connectivity index (χ0) is 26.8. The van der Waals surface area contributed by atoms with Gasteiger partial charge in [-0.3, -0.25) is 9.88 Å². The Morgan fingerprint density at radius 2 is 1.65 bits per heavy atom. The summed E-state index contributed by atoms with van der Waals surface area (Å²) in [5.41, 5.74) is 2.51. The molecule has 2 aromatic carbocycles. The molecule has 7 nitrogen and oxygen atoms in total. The summed E-state index contributed by atoms with van der Waals surface area (Å²) in [6, 6.07) is 17.0. The third kappa shape index (κ3) is 8.36.